The third-order valence-corrected chi connectivity index (χ3v) is 3.57. The molecule has 0 unspecified atom stereocenters. The van der Waals surface area contributed by atoms with Crippen molar-refractivity contribution >= 4 is 11.5 Å². The maximum absolute atomic E-state index is 6.03. The van der Waals surface area contributed by atoms with Gasteiger partial charge in [0.1, 0.15) is 5.82 Å². The van der Waals surface area contributed by atoms with Gasteiger partial charge < -0.3 is 11.1 Å². The third-order valence-electron chi connectivity index (χ3n) is 3.57. The molecule has 4 nitrogen and oxygen atoms in total. The molecule has 0 aromatic carbocycles. The Kier molecular flexibility index (Phi) is 3.36. The molecule has 90 valence electrons. The van der Waals surface area contributed by atoms with E-state index >= 15 is 0 Å². The van der Waals surface area contributed by atoms with Gasteiger partial charge in [0.25, 0.3) is 0 Å². The Morgan fingerprint density at radius 1 is 1.50 bits per heavy atom. The topological polar surface area (TPSA) is 55.9 Å². The number of anilines is 2. The molecular formula is C12H22N4. The van der Waals surface area contributed by atoms with Crippen molar-refractivity contribution in [1.82, 2.24) is 9.78 Å². The second kappa shape index (κ2) is 4.76. The van der Waals surface area contributed by atoms with Crippen molar-refractivity contribution in [3.63, 3.8) is 0 Å². The molecule has 1 aliphatic rings. The summed E-state index contributed by atoms with van der Waals surface area (Å²) < 4.78 is 1.86. The summed E-state index contributed by atoms with van der Waals surface area (Å²) in [5.74, 6) is 1.92. The first-order valence-corrected chi connectivity index (χ1v) is 6.27. The van der Waals surface area contributed by atoms with Gasteiger partial charge in [0, 0.05) is 13.6 Å². The van der Waals surface area contributed by atoms with Crippen LogP contribution in [0.4, 0.5) is 11.5 Å². The van der Waals surface area contributed by atoms with Crippen LogP contribution in [0.25, 0.3) is 0 Å². The maximum atomic E-state index is 6.03. The van der Waals surface area contributed by atoms with Crippen molar-refractivity contribution < 1.29 is 0 Å². The highest BCUT2D eigenvalue weighted by molar-refractivity contribution is 5.64. The number of aryl methyl sites for hydroxylation is 2. The van der Waals surface area contributed by atoms with Gasteiger partial charge >= 0.3 is 0 Å². The van der Waals surface area contributed by atoms with Gasteiger partial charge in [-0.2, -0.15) is 5.10 Å². The maximum Gasteiger partial charge on any atom is 0.147 e. The van der Waals surface area contributed by atoms with Gasteiger partial charge in [0.05, 0.1) is 11.4 Å². The van der Waals surface area contributed by atoms with Gasteiger partial charge in [-0.05, 0) is 18.8 Å². The lowest BCUT2D eigenvalue weighted by atomic mass is 9.83. The van der Waals surface area contributed by atoms with Crippen LogP contribution >= 0.6 is 0 Å². The van der Waals surface area contributed by atoms with Crippen molar-refractivity contribution in [2.45, 2.75) is 39.0 Å². The van der Waals surface area contributed by atoms with Crippen molar-refractivity contribution in [2.75, 3.05) is 17.6 Å². The smallest absolute Gasteiger partial charge is 0.147 e. The van der Waals surface area contributed by atoms with E-state index in [0.29, 0.717) is 0 Å². The molecule has 1 aromatic heterocycles. The molecule has 1 aromatic rings. The average molecular weight is 222 g/mol. The Morgan fingerprint density at radius 2 is 2.25 bits per heavy atom. The molecule has 2 rings (SSSR count). The lowest BCUT2D eigenvalue weighted by molar-refractivity contribution is 0.303. The Hall–Kier alpha value is -1.19. The third kappa shape index (κ3) is 2.15. The molecule has 0 amide bonds. The minimum atomic E-state index is 0.818. The van der Waals surface area contributed by atoms with Crippen LogP contribution in [0.3, 0.4) is 0 Å². The first-order valence-electron chi connectivity index (χ1n) is 6.27. The molecule has 0 spiro atoms. The number of nitrogens with zero attached hydrogens (tertiary/aromatic N) is 2. The predicted octanol–water partition coefficient (Wildman–Crippen LogP) is 2.17. The molecule has 0 radical (unpaired) electrons. The molecular weight excluding hydrogens is 200 g/mol. The highest BCUT2D eigenvalue weighted by atomic mass is 15.3. The molecule has 1 saturated carbocycles. The summed E-state index contributed by atoms with van der Waals surface area (Å²) in [5, 5.41) is 7.80. The molecule has 0 aliphatic heterocycles. The van der Waals surface area contributed by atoms with E-state index in [2.05, 4.69) is 17.3 Å². The van der Waals surface area contributed by atoms with Crippen molar-refractivity contribution in [3.8, 4) is 0 Å². The number of aromatic nitrogens is 2. The molecule has 1 heterocycles. The fourth-order valence-electron chi connectivity index (χ4n) is 2.24. The van der Waals surface area contributed by atoms with Crippen LogP contribution in [-0.4, -0.2) is 16.3 Å². The van der Waals surface area contributed by atoms with Gasteiger partial charge in [0.15, 0.2) is 0 Å². The summed E-state index contributed by atoms with van der Waals surface area (Å²) in [6, 6.07) is 0. The fraction of sp³-hybridized carbons (Fsp3) is 0.750. The Bertz CT molecular complexity index is 352. The zero-order valence-electron chi connectivity index (χ0n) is 10.3. The second-order valence-electron chi connectivity index (χ2n) is 4.70. The number of nitrogen functional groups attached to an aromatic ring is 1. The van der Waals surface area contributed by atoms with Crippen LogP contribution in [0.1, 0.15) is 38.3 Å². The first-order chi connectivity index (χ1) is 7.72. The fourth-order valence-corrected chi connectivity index (χ4v) is 2.24. The Labute approximate surface area is 97.2 Å². The summed E-state index contributed by atoms with van der Waals surface area (Å²) in [6.45, 7) is 3.09. The zero-order valence-corrected chi connectivity index (χ0v) is 10.3. The van der Waals surface area contributed by atoms with E-state index in [9.17, 15) is 0 Å². The minimum Gasteiger partial charge on any atom is -0.394 e. The van der Waals surface area contributed by atoms with Crippen LogP contribution < -0.4 is 11.1 Å². The van der Waals surface area contributed by atoms with E-state index in [1.165, 1.54) is 25.7 Å². The van der Waals surface area contributed by atoms with Crippen LogP contribution in [0.15, 0.2) is 0 Å². The van der Waals surface area contributed by atoms with E-state index in [4.69, 9.17) is 5.73 Å². The number of rotatable bonds is 5. The van der Waals surface area contributed by atoms with Crippen LogP contribution in [0.2, 0.25) is 0 Å². The minimum absolute atomic E-state index is 0.818. The molecule has 1 fully saturated rings. The van der Waals surface area contributed by atoms with E-state index in [-0.39, 0.29) is 0 Å². The first kappa shape index (κ1) is 11.3. The Balaban J connectivity index is 1.89. The standard InChI is InChI=1S/C12H22N4/c1-3-10-11(13)12(16(2)15-10)14-8-7-9-5-4-6-9/h9,14H,3-8,13H2,1-2H3. The van der Waals surface area contributed by atoms with Crippen molar-refractivity contribution in [2.24, 2.45) is 13.0 Å². The summed E-state index contributed by atoms with van der Waals surface area (Å²) in [6.07, 6.45) is 6.38. The normalized spacial score (nSPS) is 16.1. The summed E-state index contributed by atoms with van der Waals surface area (Å²) >= 11 is 0. The molecule has 0 saturated heterocycles. The number of nitrogens with two attached hydrogens (primary N) is 1. The van der Waals surface area contributed by atoms with E-state index in [1.54, 1.807) is 0 Å². The SMILES string of the molecule is CCc1nn(C)c(NCCC2CCC2)c1N. The number of nitrogens with one attached hydrogen (secondary N) is 1. The summed E-state index contributed by atoms with van der Waals surface area (Å²) in [4.78, 5) is 0. The zero-order chi connectivity index (χ0) is 11.5. The molecule has 4 heteroatoms. The highest BCUT2D eigenvalue weighted by Gasteiger charge is 2.17. The molecule has 1 aliphatic carbocycles. The van der Waals surface area contributed by atoms with Gasteiger partial charge in [-0.25, -0.2) is 0 Å². The van der Waals surface area contributed by atoms with Crippen LogP contribution in [-0.2, 0) is 13.5 Å². The van der Waals surface area contributed by atoms with E-state index in [1.807, 2.05) is 11.7 Å². The summed E-state index contributed by atoms with van der Waals surface area (Å²) in [7, 11) is 1.95. The molecule has 0 bridgehead atoms. The summed E-state index contributed by atoms with van der Waals surface area (Å²) in [5.41, 5.74) is 7.84. The lowest BCUT2D eigenvalue weighted by Gasteiger charge is -2.25. The van der Waals surface area contributed by atoms with Crippen LogP contribution in [0, 0.1) is 5.92 Å². The largest absolute Gasteiger partial charge is 0.394 e. The van der Waals surface area contributed by atoms with Crippen molar-refractivity contribution in [3.05, 3.63) is 5.69 Å². The number of hydrogen-bond donors (Lipinski definition) is 2. The van der Waals surface area contributed by atoms with Crippen LogP contribution in [0.5, 0.6) is 0 Å². The van der Waals surface area contributed by atoms with E-state index in [0.717, 1.165) is 36.1 Å². The van der Waals surface area contributed by atoms with Gasteiger partial charge in [-0.1, -0.05) is 26.2 Å². The van der Waals surface area contributed by atoms with E-state index < -0.39 is 0 Å². The lowest BCUT2D eigenvalue weighted by Crippen LogP contribution is -2.16. The van der Waals surface area contributed by atoms with Gasteiger partial charge in [-0.3, -0.25) is 4.68 Å². The quantitative estimate of drug-likeness (QED) is 0.802. The van der Waals surface area contributed by atoms with Gasteiger partial charge in [0.2, 0.25) is 0 Å². The molecule has 0 atom stereocenters. The molecule has 16 heavy (non-hydrogen) atoms. The second-order valence-corrected chi connectivity index (χ2v) is 4.70. The average Bonchev–Trinajstić information content (AvgIpc) is 2.47. The molecule has 3 N–H and O–H groups in total. The number of hydrogen-bond acceptors (Lipinski definition) is 3. The van der Waals surface area contributed by atoms with Crippen molar-refractivity contribution in [1.29, 1.82) is 0 Å². The monoisotopic (exact) mass is 222 g/mol. The Morgan fingerprint density at radius 3 is 2.75 bits per heavy atom. The highest BCUT2D eigenvalue weighted by Crippen LogP contribution is 2.29. The predicted molar refractivity (Wildman–Crippen MR) is 67.4 cm³/mol. The van der Waals surface area contributed by atoms with Gasteiger partial charge in [-0.15, -0.1) is 0 Å².